The topological polar surface area (TPSA) is 19.0 Å². The summed E-state index contributed by atoms with van der Waals surface area (Å²) in [6.45, 7) is 0. The van der Waals surface area contributed by atoms with E-state index in [2.05, 4.69) is 174 Å². The maximum Gasteiger partial charge on any atom is 0.0630 e. The summed E-state index contributed by atoms with van der Waals surface area (Å²) in [6.07, 6.45) is 7.19. The summed E-state index contributed by atoms with van der Waals surface area (Å²) in [5.74, 6) is 0.300. The lowest BCUT2D eigenvalue weighted by Crippen LogP contribution is -2.28. The van der Waals surface area contributed by atoms with Crippen LogP contribution in [0.4, 0.5) is 11.4 Å². The largest absolute Gasteiger partial charge is 0.355 e. The highest BCUT2D eigenvalue weighted by atomic mass is 15.2. The van der Waals surface area contributed by atoms with Crippen LogP contribution in [-0.4, -0.2) is 11.0 Å². The predicted octanol–water partition coefficient (Wildman–Crippen LogP) is 10.9. The molecular formula is C42H30N2. The quantitative estimate of drug-likeness (QED) is 0.226. The fourth-order valence-electron chi connectivity index (χ4n) is 7.20. The molecule has 0 saturated heterocycles. The van der Waals surface area contributed by atoms with Crippen LogP contribution in [0.1, 0.15) is 17.0 Å². The number of hydrogen-bond acceptors (Lipinski definition) is 1. The van der Waals surface area contributed by atoms with Gasteiger partial charge >= 0.3 is 0 Å². The molecule has 0 spiro atoms. The fraction of sp³-hybridized carbons (Fsp3) is 0.0476. The molecule has 2 heteroatoms. The number of rotatable bonds is 4. The van der Waals surface area contributed by atoms with Gasteiger partial charge < -0.3 is 9.88 Å². The Morgan fingerprint density at radius 3 is 1.91 bits per heavy atom. The molecule has 0 bridgehead atoms. The first-order chi connectivity index (χ1) is 21.8. The van der Waals surface area contributed by atoms with Gasteiger partial charge in [-0.15, -0.1) is 0 Å². The number of benzene rings is 6. The van der Waals surface area contributed by atoms with Gasteiger partial charge in [-0.05, 0) is 87.5 Å². The van der Waals surface area contributed by atoms with Crippen LogP contribution in [0, 0.1) is 0 Å². The normalized spacial score (nSPS) is 17.1. The Bertz CT molecular complexity index is 2240. The lowest BCUT2D eigenvalue weighted by Gasteiger charge is -2.29. The van der Waals surface area contributed by atoms with Crippen molar-refractivity contribution in [3.05, 3.63) is 175 Å². The SMILES string of the molecule is C1=CC2C(C=C1c1ccc3[nH]c4ccc(-c5cccc(-c6ccccc6)c5)cc4c3c1)c1ccccc1N2c1ccccc1. The molecule has 0 radical (unpaired) electrons. The van der Waals surface area contributed by atoms with Crippen molar-refractivity contribution in [1.82, 2.24) is 4.98 Å². The molecule has 0 fully saturated rings. The van der Waals surface area contributed by atoms with Gasteiger partial charge in [-0.2, -0.15) is 0 Å². The van der Waals surface area contributed by atoms with Crippen LogP contribution in [0.15, 0.2) is 164 Å². The zero-order chi connectivity index (χ0) is 29.0. The van der Waals surface area contributed by atoms with Crippen molar-refractivity contribution in [3.63, 3.8) is 0 Å². The third-order valence-corrected chi connectivity index (χ3v) is 9.32. The molecule has 9 rings (SSSR count). The Morgan fingerprint density at radius 2 is 1.11 bits per heavy atom. The van der Waals surface area contributed by atoms with Gasteiger partial charge in [-0.1, -0.05) is 115 Å². The molecular weight excluding hydrogens is 532 g/mol. The first-order valence-corrected chi connectivity index (χ1v) is 15.4. The zero-order valence-electron chi connectivity index (χ0n) is 24.2. The molecule has 0 amide bonds. The van der Waals surface area contributed by atoms with Crippen molar-refractivity contribution in [3.8, 4) is 22.3 Å². The van der Waals surface area contributed by atoms with Crippen molar-refractivity contribution in [2.75, 3.05) is 4.90 Å². The molecule has 2 heterocycles. The number of aromatic nitrogens is 1. The molecule has 208 valence electrons. The van der Waals surface area contributed by atoms with E-state index in [-0.39, 0.29) is 6.04 Å². The molecule has 2 atom stereocenters. The lowest BCUT2D eigenvalue weighted by atomic mass is 9.86. The highest BCUT2D eigenvalue weighted by Crippen LogP contribution is 2.49. The predicted molar refractivity (Wildman–Crippen MR) is 185 cm³/mol. The van der Waals surface area contributed by atoms with E-state index in [1.54, 1.807) is 0 Å². The Balaban J connectivity index is 1.11. The average Bonchev–Trinajstić information content (AvgIpc) is 3.63. The summed E-state index contributed by atoms with van der Waals surface area (Å²) < 4.78 is 0. The standard InChI is InChI=1S/C42H30N2/c1-3-10-28(11-4-1)29-12-9-13-30(24-29)31-18-21-39-36(25-31)37-26-32(19-22-40(37)43-39)33-20-23-42-38(27-33)35-16-7-8-17-41(35)44(42)34-14-5-2-6-15-34/h1-27,38,42-43H. The van der Waals surface area contributed by atoms with Gasteiger partial charge in [0.05, 0.1) is 6.04 Å². The molecule has 2 aliphatic rings. The summed E-state index contributed by atoms with van der Waals surface area (Å²) >= 11 is 0. The van der Waals surface area contributed by atoms with Gasteiger partial charge in [0.1, 0.15) is 0 Å². The highest BCUT2D eigenvalue weighted by Gasteiger charge is 2.38. The summed E-state index contributed by atoms with van der Waals surface area (Å²) in [4.78, 5) is 6.14. The number of nitrogens with zero attached hydrogens (tertiary/aromatic N) is 1. The Labute approximate surface area is 257 Å². The first kappa shape index (κ1) is 24.9. The molecule has 2 nitrogen and oxygen atoms in total. The van der Waals surface area contributed by atoms with Gasteiger partial charge in [-0.3, -0.25) is 0 Å². The van der Waals surface area contributed by atoms with E-state index in [1.807, 2.05) is 0 Å². The lowest BCUT2D eigenvalue weighted by molar-refractivity contribution is 0.747. The number of hydrogen-bond donors (Lipinski definition) is 1. The molecule has 44 heavy (non-hydrogen) atoms. The Kier molecular flexibility index (Phi) is 5.67. The van der Waals surface area contributed by atoms with Crippen LogP contribution in [-0.2, 0) is 0 Å². The molecule has 1 aliphatic heterocycles. The van der Waals surface area contributed by atoms with E-state index >= 15 is 0 Å². The number of nitrogens with one attached hydrogen (secondary N) is 1. The first-order valence-electron chi connectivity index (χ1n) is 15.4. The van der Waals surface area contributed by atoms with Crippen molar-refractivity contribution in [2.24, 2.45) is 0 Å². The molecule has 1 aliphatic carbocycles. The second-order valence-electron chi connectivity index (χ2n) is 11.9. The van der Waals surface area contributed by atoms with Crippen molar-refractivity contribution >= 4 is 38.8 Å². The van der Waals surface area contributed by atoms with Crippen LogP contribution in [0.2, 0.25) is 0 Å². The number of H-pyrrole nitrogens is 1. The molecule has 6 aromatic carbocycles. The number of allylic oxidation sites excluding steroid dienone is 2. The van der Waals surface area contributed by atoms with E-state index in [1.165, 1.54) is 66.6 Å². The third-order valence-electron chi connectivity index (χ3n) is 9.32. The number of aromatic amines is 1. The molecule has 1 N–H and O–H groups in total. The molecule has 1 aromatic heterocycles. The summed E-state index contributed by atoms with van der Waals surface area (Å²) in [6, 6.07) is 53.0. The van der Waals surface area contributed by atoms with Gasteiger partial charge in [0.15, 0.2) is 0 Å². The summed E-state index contributed by atoms with van der Waals surface area (Å²) in [5, 5.41) is 2.51. The monoisotopic (exact) mass is 562 g/mol. The van der Waals surface area contributed by atoms with Crippen LogP contribution in [0.3, 0.4) is 0 Å². The van der Waals surface area contributed by atoms with Gasteiger partial charge in [0, 0.05) is 39.1 Å². The molecule has 2 unspecified atom stereocenters. The fourth-order valence-corrected chi connectivity index (χ4v) is 7.20. The maximum atomic E-state index is 3.65. The van der Waals surface area contributed by atoms with Crippen LogP contribution in [0.5, 0.6) is 0 Å². The van der Waals surface area contributed by atoms with E-state index in [9.17, 15) is 0 Å². The number of anilines is 2. The number of fused-ring (bicyclic) bond motifs is 6. The summed E-state index contributed by atoms with van der Waals surface area (Å²) in [7, 11) is 0. The maximum absolute atomic E-state index is 3.65. The van der Waals surface area contributed by atoms with Gasteiger partial charge in [0.25, 0.3) is 0 Å². The van der Waals surface area contributed by atoms with Gasteiger partial charge in [-0.25, -0.2) is 0 Å². The smallest absolute Gasteiger partial charge is 0.0630 e. The van der Waals surface area contributed by atoms with Crippen molar-refractivity contribution < 1.29 is 0 Å². The minimum absolute atomic E-state index is 0.268. The highest BCUT2D eigenvalue weighted by molar-refractivity contribution is 6.09. The minimum atomic E-state index is 0.268. The average molecular weight is 563 g/mol. The Morgan fingerprint density at radius 1 is 0.500 bits per heavy atom. The third kappa shape index (κ3) is 4.03. The second-order valence-corrected chi connectivity index (χ2v) is 11.9. The van der Waals surface area contributed by atoms with Crippen molar-refractivity contribution in [2.45, 2.75) is 12.0 Å². The number of para-hydroxylation sites is 2. The second kappa shape index (κ2) is 10.00. The van der Waals surface area contributed by atoms with E-state index in [0.29, 0.717) is 5.92 Å². The zero-order valence-corrected chi connectivity index (χ0v) is 24.2. The minimum Gasteiger partial charge on any atom is -0.355 e. The Hall–Kier alpha value is -5.60. The van der Waals surface area contributed by atoms with E-state index in [0.717, 1.165) is 5.52 Å². The van der Waals surface area contributed by atoms with Gasteiger partial charge in [0.2, 0.25) is 0 Å². The van der Waals surface area contributed by atoms with Crippen LogP contribution < -0.4 is 4.90 Å². The van der Waals surface area contributed by atoms with Crippen LogP contribution >= 0.6 is 0 Å². The summed E-state index contributed by atoms with van der Waals surface area (Å²) in [5.41, 5.74) is 13.7. The van der Waals surface area contributed by atoms with E-state index in [4.69, 9.17) is 0 Å². The van der Waals surface area contributed by atoms with Crippen molar-refractivity contribution in [1.29, 1.82) is 0 Å². The van der Waals surface area contributed by atoms with E-state index < -0.39 is 0 Å². The molecule has 7 aromatic rings. The molecule has 0 saturated carbocycles. The van der Waals surface area contributed by atoms with Crippen LogP contribution in [0.25, 0.3) is 49.6 Å².